The Kier molecular flexibility index (Phi) is 2.35. The van der Waals surface area contributed by atoms with Crippen molar-refractivity contribution in [1.82, 2.24) is 19.5 Å². The van der Waals surface area contributed by atoms with Crippen LogP contribution in [-0.4, -0.2) is 19.5 Å². The number of benzene rings is 1. The van der Waals surface area contributed by atoms with Gasteiger partial charge in [0.2, 0.25) is 5.78 Å². The summed E-state index contributed by atoms with van der Waals surface area (Å²) in [7, 11) is 0. The van der Waals surface area contributed by atoms with E-state index < -0.39 is 0 Å². The highest BCUT2D eigenvalue weighted by atomic mass is 16.5. The van der Waals surface area contributed by atoms with Gasteiger partial charge in [-0.3, -0.25) is 4.40 Å². The van der Waals surface area contributed by atoms with Crippen molar-refractivity contribution >= 4 is 5.78 Å². The van der Waals surface area contributed by atoms with Crippen molar-refractivity contribution in [3.63, 3.8) is 0 Å². The third-order valence-corrected chi connectivity index (χ3v) is 3.07. The fraction of sp³-hybridized carbons (Fsp3) is 0. The molecule has 3 aromatic heterocycles. The molecular formula is C15H10N4O. The van der Waals surface area contributed by atoms with Gasteiger partial charge in [0.15, 0.2) is 5.76 Å². The fourth-order valence-electron chi connectivity index (χ4n) is 2.09. The van der Waals surface area contributed by atoms with Crippen LogP contribution in [0.4, 0.5) is 0 Å². The summed E-state index contributed by atoms with van der Waals surface area (Å²) in [4.78, 5) is 8.59. The van der Waals surface area contributed by atoms with Crippen molar-refractivity contribution in [2.24, 2.45) is 0 Å². The minimum atomic E-state index is 0.634. The van der Waals surface area contributed by atoms with Crippen LogP contribution >= 0.6 is 0 Å². The Morgan fingerprint density at radius 3 is 2.75 bits per heavy atom. The monoisotopic (exact) mass is 262 g/mol. The second-order valence-corrected chi connectivity index (χ2v) is 4.40. The van der Waals surface area contributed by atoms with E-state index in [4.69, 9.17) is 4.52 Å². The third kappa shape index (κ3) is 1.76. The maximum atomic E-state index is 5.38. The molecule has 20 heavy (non-hydrogen) atoms. The molecule has 0 amide bonds. The van der Waals surface area contributed by atoms with E-state index in [0.29, 0.717) is 11.5 Å². The summed E-state index contributed by atoms with van der Waals surface area (Å²) in [5, 5.41) is 4.09. The molecule has 3 heterocycles. The summed E-state index contributed by atoms with van der Waals surface area (Å²) in [5.74, 6) is 1.27. The second-order valence-electron chi connectivity index (χ2n) is 4.40. The minimum Gasteiger partial charge on any atom is -0.354 e. The molecule has 0 bridgehead atoms. The van der Waals surface area contributed by atoms with Crippen molar-refractivity contribution in [1.29, 1.82) is 0 Å². The average molecular weight is 262 g/mol. The first-order valence-corrected chi connectivity index (χ1v) is 6.22. The summed E-state index contributed by atoms with van der Waals surface area (Å²) in [5.41, 5.74) is 2.54. The maximum absolute atomic E-state index is 5.38. The largest absolute Gasteiger partial charge is 0.354 e. The van der Waals surface area contributed by atoms with Crippen molar-refractivity contribution < 1.29 is 4.52 Å². The summed E-state index contributed by atoms with van der Waals surface area (Å²) in [6.45, 7) is 0. The molecule has 4 rings (SSSR count). The molecule has 0 saturated heterocycles. The Balaban J connectivity index is 1.78. The normalized spacial score (nSPS) is 11.0. The van der Waals surface area contributed by atoms with Gasteiger partial charge in [-0.1, -0.05) is 35.5 Å². The van der Waals surface area contributed by atoms with E-state index in [2.05, 4.69) is 15.1 Å². The van der Waals surface area contributed by atoms with Crippen LogP contribution in [0.25, 0.3) is 28.5 Å². The highest BCUT2D eigenvalue weighted by molar-refractivity contribution is 5.65. The summed E-state index contributed by atoms with van der Waals surface area (Å²) >= 11 is 0. The van der Waals surface area contributed by atoms with E-state index in [1.165, 1.54) is 0 Å². The number of imidazole rings is 1. The Hall–Kier alpha value is -2.95. The van der Waals surface area contributed by atoms with Gasteiger partial charge in [-0.15, -0.1) is 0 Å². The van der Waals surface area contributed by atoms with E-state index >= 15 is 0 Å². The van der Waals surface area contributed by atoms with Crippen LogP contribution in [0.1, 0.15) is 0 Å². The summed E-state index contributed by atoms with van der Waals surface area (Å²) in [6, 6.07) is 13.6. The number of fused-ring (bicyclic) bond motifs is 1. The second kappa shape index (κ2) is 4.31. The highest BCUT2D eigenvalue weighted by Crippen LogP contribution is 2.25. The number of nitrogens with zero attached hydrogens (tertiary/aromatic N) is 4. The van der Waals surface area contributed by atoms with E-state index in [1.54, 1.807) is 6.20 Å². The van der Waals surface area contributed by atoms with E-state index in [9.17, 15) is 0 Å². The van der Waals surface area contributed by atoms with Crippen molar-refractivity contribution in [3.05, 3.63) is 61.1 Å². The topological polar surface area (TPSA) is 56.2 Å². The van der Waals surface area contributed by atoms with E-state index in [0.717, 1.165) is 17.0 Å². The average Bonchev–Trinajstić information content (AvgIpc) is 3.14. The highest BCUT2D eigenvalue weighted by Gasteiger charge is 2.11. The predicted molar refractivity (Wildman–Crippen MR) is 73.9 cm³/mol. The number of aromatic nitrogens is 4. The summed E-state index contributed by atoms with van der Waals surface area (Å²) in [6.07, 6.45) is 5.48. The molecule has 0 aliphatic rings. The van der Waals surface area contributed by atoms with Crippen LogP contribution < -0.4 is 0 Å². The standard InChI is InChI=1S/C15H10N4O/c1-2-5-11(6-3-1)12-9-14(20-18-12)13-10-19-8-4-7-16-15(19)17-13/h1-10H. The zero-order valence-corrected chi connectivity index (χ0v) is 10.5. The van der Waals surface area contributed by atoms with Gasteiger partial charge >= 0.3 is 0 Å². The summed E-state index contributed by atoms with van der Waals surface area (Å²) < 4.78 is 7.23. The quantitative estimate of drug-likeness (QED) is 0.557. The van der Waals surface area contributed by atoms with Crippen LogP contribution in [-0.2, 0) is 0 Å². The van der Waals surface area contributed by atoms with Gasteiger partial charge in [-0.25, -0.2) is 9.97 Å². The van der Waals surface area contributed by atoms with Gasteiger partial charge in [0, 0.05) is 30.2 Å². The van der Waals surface area contributed by atoms with Crippen molar-refractivity contribution in [2.45, 2.75) is 0 Å². The maximum Gasteiger partial charge on any atom is 0.234 e. The molecule has 5 nitrogen and oxygen atoms in total. The van der Waals surface area contributed by atoms with Gasteiger partial charge in [-0.05, 0) is 6.07 Å². The molecule has 1 aromatic carbocycles. The molecule has 0 spiro atoms. The lowest BCUT2D eigenvalue weighted by molar-refractivity contribution is 0.434. The van der Waals surface area contributed by atoms with E-state index in [1.807, 2.05) is 59.3 Å². The SMILES string of the molecule is c1ccc(-c2cc(-c3cn4cccnc4n3)on2)cc1. The smallest absolute Gasteiger partial charge is 0.234 e. The molecule has 96 valence electrons. The van der Waals surface area contributed by atoms with Crippen LogP contribution in [0.5, 0.6) is 0 Å². The van der Waals surface area contributed by atoms with Crippen LogP contribution in [0.3, 0.4) is 0 Å². The Morgan fingerprint density at radius 1 is 1.00 bits per heavy atom. The van der Waals surface area contributed by atoms with Crippen LogP contribution in [0.15, 0.2) is 65.6 Å². The number of hydrogen-bond acceptors (Lipinski definition) is 4. The molecule has 0 radical (unpaired) electrons. The lowest BCUT2D eigenvalue weighted by Crippen LogP contribution is -1.82. The molecule has 0 atom stereocenters. The first-order chi connectivity index (χ1) is 9.90. The van der Waals surface area contributed by atoms with Crippen LogP contribution in [0.2, 0.25) is 0 Å². The lowest BCUT2D eigenvalue weighted by Gasteiger charge is -1.91. The predicted octanol–water partition coefficient (Wildman–Crippen LogP) is 3.05. The third-order valence-electron chi connectivity index (χ3n) is 3.07. The Labute approximate surface area is 114 Å². The molecular weight excluding hydrogens is 252 g/mol. The molecule has 0 fully saturated rings. The lowest BCUT2D eigenvalue weighted by atomic mass is 10.1. The number of hydrogen-bond donors (Lipinski definition) is 0. The van der Waals surface area contributed by atoms with E-state index in [-0.39, 0.29) is 0 Å². The molecule has 0 N–H and O–H groups in total. The molecule has 0 unspecified atom stereocenters. The zero-order chi connectivity index (χ0) is 13.4. The Bertz CT molecular complexity index is 831. The number of rotatable bonds is 2. The molecule has 0 aliphatic carbocycles. The Morgan fingerprint density at radius 2 is 1.90 bits per heavy atom. The van der Waals surface area contributed by atoms with Gasteiger partial charge in [0.1, 0.15) is 11.4 Å². The van der Waals surface area contributed by atoms with Gasteiger partial charge in [0.05, 0.1) is 0 Å². The first-order valence-electron chi connectivity index (χ1n) is 6.22. The van der Waals surface area contributed by atoms with Crippen molar-refractivity contribution in [3.8, 4) is 22.7 Å². The van der Waals surface area contributed by atoms with Crippen LogP contribution in [0, 0.1) is 0 Å². The van der Waals surface area contributed by atoms with Crippen molar-refractivity contribution in [2.75, 3.05) is 0 Å². The van der Waals surface area contributed by atoms with Gasteiger partial charge < -0.3 is 4.52 Å². The minimum absolute atomic E-state index is 0.634. The van der Waals surface area contributed by atoms with Gasteiger partial charge in [-0.2, -0.15) is 0 Å². The zero-order valence-electron chi connectivity index (χ0n) is 10.5. The molecule has 5 heteroatoms. The molecule has 0 aliphatic heterocycles. The van der Waals surface area contributed by atoms with Gasteiger partial charge in [0.25, 0.3) is 0 Å². The fourth-order valence-corrected chi connectivity index (χ4v) is 2.09. The molecule has 4 aromatic rings. The first kappa shape index (κ1) is 10.9. The molecule has 0 saturated carbocycles.